The quantitative estimate of drug-likeness (QED) is 0.0672. The molecule has 0 heterocycles. The van der Waals surface area contributed by atoms with Gasteiger partial charge in [0.25, 0.3) is 0 Å². The van der Waals surface area contributed by atoms with E-state index in [0.29, 0.717) is 11.8 Å². The van der Waals surface area contributed by atoms with Gasteiger partial charge in [-0.05, 0) is 100 Å². The van der Waals surface area contributed by atoms with Gasteiger partial charge in [-0.15, -0.1) is 0 Å². The zero-order valence-electron chi connectivity index (χ0n) is 25.7. The van der Waals surface area contributed by atoms with Crippen LogP contribution in [0.1, 0.15) is 138 Å². The van der Waals surface area contributed by atoms with E-state index >= 15 is 0 Å². The third-order valence-electron chi connectivity index (χ3n) is 6.77. The minimum absolute atomic E-state index is 0.634. The maximum atomic E-state index is 5.96. The van der Waals surface area contributed by atoms with Crippen molar-refractivity contribution in [3.8, 4) is 0 Å². The van der Waals surface area contributed by atoms with E-state index in [4.69, 9.17) is 9.47 Å². The van der Waals surface area contributed by atoms with Crippen molar-refractivity contribution in [1.29, 1.82) is 0 Å². The molecule has 2 atom stereocenters. The number of hydrogen-bond donors (Lipinski definition) is 2. The smallest absolute Gasteiger partial charge is 0.0879 e. The standard InChI is InChI=1S/C27H48O2.2C3H8S/c1-6-10-11-17-26(18-20-28-9-4)27(23(5)13-7-2)25(14-8-3)19-21-29-22-24-15-12-16-24;2*1-2-3-4/h9,22,25-26H,4,6-8,10-21H2,1-3,5H3;2*4H,2-3H2,1H3/b27-23+;;. The molecule has 1 aliphatic rings. The number of ether oxygens (including phenoxy) is 2. The molecule has 4 heteroatoms. The number of rotatable bonds is 20. The zero-order valence-corrected chi connectivity index (χ0v) is 27.5. The molecule has 1 rings (SSSR count). The van der Waals surface area contributed by atoms with Crippen LogP contribution in [0, 0.1) is 11.8 Å². The van der Waals surface area contributed by atoms with Crippen molar-refractivity contribution in [2.24, 2.45) is 11.8 Å². The summed E-state index contributed by atoms with van der Waals surface area (Å²) in [5, 5.41) is 0. The maximum Gasteiger partial charge on any atom is 0.0879 e. The molecule has 0 N–H and O–H groups in total. The van der Waals surface area contributed by atoms with Crippen LogP contribution in [0.3, 0.4) is 0 Å². The molecule has 1 aliphatic carbocycles. The Kier molecular flexibility index (Phi) is 31.4. The fraction of sp³-hybridized carbons (Fsp3) is 0.818. The van der Waals surface area contributed by atoms with Crippen LogP contribution >= 0.6 is 25.3 Å². The summed E-state index contributed by atoms with van der Waals surface area (Å²) in [5.41, 5.74) is 4.86. The van der Waals surface area contributed by atoms with Crippen LogP contribution in [-0.4, -0.2) is 24.7 Å². The third-order valence-corrected chi connectivity index (χ3v) is 7.66. The van der Waals surface area contributed by atoms with Crippen LogP contribution in [0.4, 0.5) is 0 Å². The van der Waals surface area contributed by atoms with E-state index in [-0.39, 0.29) is 0 Å². The molecule has 0 aromatic carbocycles. The van der Waals surface area contributed by atoms with Gasteiger partial charge in [0.05, 0.1) is 25.7 Å². The van der Waals surface area contributed by atoms with Crippen LogP contribution in [0.5, 0.6) is 0 Å². The number of hydrogen-bond acceptors (Lipinski definition) is 4. The van der Waals surface area contributed by atoms with Crippen LogP contribution in [-0.2, 0) is 9.47 Å². The van der Waals surface area contributed by atoms with Crippen molar-refractivity contribution < 1.29 is 9.47 Å². The minimum Gasteiger partial charge on any atom is -0.502 e. The Bertz CT molecular complexity index is 543. The number of unbranched alkanes of at least 4 members (excludes halogenated alkanes) is 2. The normalized spacial score (nSPS) is 14.5. The summed E-state index contributed by atoms with van der Waals surface area (Å²) in [6, 6.07) is 0. The monoisotopic (exact) mass is 556 g/mol. The van der Waals surface area contributed by atoms with Gasteiger partial charge in [0.1, 0.15) is 0 Å². The number of allylic oxidation sites excluding steroid dienone is 3. The highest BCUT2D eigenvalue weighted by Crippen LogP contribution is 2.36. The average molecular weight is 557 g/mol. The van der Waals surface area contributed by atoms with Crippen molar-refractivity contribution in [2.75, 3.05) is 24.7 Å². The SMILES string of the molecule is C=COCCC(CCCCC)/C(=C(\C)CCC)C(CCC)CCOC=C1CCC1.CCCS.CCCS. The van der Waals surface area contributed by atoms with Gasteiger partial charge < -0.3 is 9.47 Å². The number of thiol groups is 2. The van der Waals surface area contributed by atoms with Gasteiger partial charge in [0, 0.05) is 0 Å². The van der Waals surface area contributed by atoms with Crippen molar-refractivity contribution in [3.05, 3.63) is 35.8 Å². The van der Waals surface area contributed by atoms with Crippen LogP contribution in [0.15, 0.2) is 35.8 Å². The lowest BCUT2D eigenvalue weighted by Gasteiger charge is -2.30. The largest absolute Gasteiger partial charge is 0.502 e. The van der Waals surface area contributed by atoms with Gasteiger partial charge in [0.2, 0.25) is 0 Å². The summed E-state index contributed by atoms with van der Waals surface area (Å²) in [6.07, 6.45) is 22.2. The van der Waals surface area contributed by atoms with Gasteiger partial charge in [-0.1, -0.05) is 84.4 Å². The summed E-state index contributed by atoms with van der Waals surface area (Å²) in [4.78, 5) is 0. The zero-order chi connectivity index (χ0) is 28.2. The second-order valence-corrected chi connectivity index (χ2v) is 11.1. The van der Waals surface area contributed by atoms with Crippen molar-refractivity contribution in [1.82, 2.24) is 0 Å². The lowest BCUT2D eigenvalue weighted by atomic mass is 9.76. The summed E-state index contributed by atoms with van der Waals surface area (Å²) < 4.78 is 11.5. The van der Waals surface area contributed by atoms with E-state index in [2.05, 4.69) is 73.4 Å². The first kappa shape index (κ1) is 38.7. The molecule has 0 saturated heterocycles. The molecule has 1 saturated carbocycles. The van der Waals surface area contributed by atoms with E-state index in [0.717, 1.165) is 37.6 Å². The average Bonchev–Trinajstić information content (AvgIpc) is 2.88. The molecule has 2 unspecified atom stereocenters. The molecule has 220 valence electrons. The van der Waals surface area contributed by atoms with E-state index in [1.54, 1.807) is 17.4 Å². The highest BCUT2D eigenvalue weighted by Gasteiger charge is 2.24. The molecule has 37 heavy (non-hydrogen) atoms. The van der Waals surface area contributed by atoms with E-state index in [9.17, 15) is 0 Å². The molecule has 0 aromatic heterocycles. The first-order chi connectivity index (χ1) is 18.0. The van der Waals surface area contributed by atoms with Crippen LogP contribution < -0.4 is 0 Å². The summed E-state index contributed by atoms with van der Waals surface area (Å²) in [6.45, 7) is 18.9. The lowest BCUT2D eigenvalue weighted by Crippen LogP contribution is -2.19. The molecule has 2 nitrogen and oxygen atoms in total. The predicted molar refractivity (Wildman–Crippen MR) is 175 cm³/mol. The Balaban J connectivity index is 0. The fourth-order valence-electron chi connectivity index (χ4n) is 4.63. The minimum atomic E-state index is 0.634. The van der Waals surface area contributed by atoms with Crippen LogP contribution in [0.25, 0.3) is 0 Å². The summed E-state index contributed by atoms with van der Waals surface area (Å²) >= 11 is 7.84. The molecule has 1 fully saturated rings. The van der Waals surface area contributed by atoms with Crippen molar-refractivity contribution in [3.63, 3.8) is 0 Å². The van der Waals surface area contributed by atoms with E-state index in [1.807, 2.05) is 6.26 Å². The Morgan fingerprint density at radius 3 is 1.78 bits per heavy atom. The molecule has 0 aliphatic heterocycles. The highest BCUT2D eigenvalue weighted by atomic mass is 32.1. The lowest BCUT2D eigenvalue weighted by molar-refractivity contribution is 0.204. The molecule has 0 spiro atoms. The Morgan fingerprint density at radius 1 is 0.784 bits per heavy atom. The van der Waals surface area contributed by atoms with E-state index < -0.39 is 0 Å². The van der Waals surface area contributed by atoms with Gasteiger partial charge in [-0.25, -0.2) is 0 Å². The third kappa shape index (κ3) is 22.1. The van der Waals surface area contributed by atoms with Gasteiger partial charge >= 0.3 is 0 Å². The van der Waals surface area contributed by atoms with E-state index in [1.165, 1.54) is 89.0 Å². The topological polar surface area (TPSA) is 18.5 Å². The molecule has 0 amide bonds. The van der Waals surface area contributed by atoms with Gasteiger partial charge in [-0.3, -0.25) is 0 Å². The van der Waals surface area contributed by atoms with Gasteiger partial charge in [-0.2, -0.15) is 25.3 Å². The summed E-state index contributed by atoms with van der Waals surface area (Å²) in [7, 11) is 0. The van der Waals surface area contributed by atoms with Crippen LogP contribution in [0.2, 0.25) is 0 Å². The predicted octanol–water partition coefficient (Wildman–Crippen LogP) is 11.4. The molecule has 0 bridgehead atoms. The first-order valence-electron chi connectivity index (χ1n) is 15.4. The molecular formula is C33H64O2S2. The maximum absolute atomic E-state index is 5.96. The first-order valence-corrected chi connectivity index (χ1v) is 16.7. The second kappa shape index (κ2) is 30.1. The Hall–Kier alpha value is -0.480. The second-order valence-electron chi connectivity index (χ2n) is 10.2. The van der Waals surface area contributed by atoms with Crippen molar-refractivity contribution >= 4 is 25.3 Å². The Labute approximate surface area is 244 Å². The fourth-order valence-corrected chi connectivity index (χ4v) is 4.63. The van der Waals surface area contributed by atoms with Gasteiger partial charge in [0.15, 0.2) is 0 Å². The highest BCUT2D eigenvalue weighted by molar-refractivity contribution is 7.80. The summed E-state index contributed by atoms with van der Waals surface area (Å²) in [5.74, 6) is 3.30. The molecular weight excluding hydrogens is 492 g/mol. The molecule has 0 aromatic rings. The molecule has 0 radical (unpaired) electrons. The Morgan fingerprint density at radius 2 is 1.35 bits per heavy atom. The van der Waals surface area contributed by atoms with Crippen molar-refractivity contribution in [2.45, 2.75) is 138 Å².